The van der Waals surface area contributed by atoms with Gasteiger partial charge in [0.25, 0.3) is 0 Å². The Hall–Kier alpha value is -1.91. The fourth-order valence-electron chi connectivity index (χ4n) is 1.94. The Balaban J connectivity index is 1.92. The van der Waals surface area contributed by atoms with Crippen molar-refractivity contribution in [2.45, 2.75) is 13.0 Å². The number of ether oxygens (including phenoxy) is 1. The summed E-state index contributed by atoms with van der Waals surface area (Å²) in [5, 5.41) is 13.3. The number of phenols is 1. The molecule has 4 nitrogen and oxygen atoms in total. The lowest BCUT2D eigenvalue weighted by Crippen LogP contribution is -2.24. The monoisotopic (exact) mass is 339 g/mol. The van der Waals surface area contributed by atoms with E-state index >= 15 is 0 Å². The Morgan fingerprint density at radius 2 is 1.86 bits per heavy atom. The van der Waals surface area contributed by atoms with Crippen molar-refractivity contribution in [3.63, 3.8) is 0 Å². The van der Waals surface area contributed by atoms with Gasteiger partial charge >= 0.3 is 0 Å². The van der Waals surface area contributed by atoms with Crippen molar-refractivity contribution in [2.75, 3.05) is 7.11 Å². The number of carbonyl (C=O) groups is 1. The van der Waals surface area contributed by atoms with Gasteiger partial charge in [0.05, 0.1) is 23.6 Å². The Labute approximate surface area is 138 Å². The molecule has 0 spiro atoms. The van der Waals surface area contributed by atoms with Gasteiger partial charge < -0.3 is 15.2 Å². The predicted molar refractivity (Wildman–Crippen MR) is 86.7 cm³/mol. The molecular weight excluding hydrogens is 325 g/mol. The first-order valence-electron chi connectivity index (χ1n) is 6.56. The molecule has 22 heavy (non-hydrogen) atoms. The molecule has 0 aliphatic carbocycles. The van der Waals surface area contributed by atoms with Gasteiger partial charge in [0, 0.05) is 6.54 Å². The maximum Gasteiger partial charge on any atom is 0.224 e. The summed E-state index contributed by atoms with van der Waals surface area (Å²) in [5.74, 6) is 0.290. The van der Waals surface area contributed by atoms with Crippen LogP contribution in [0.25, 0.3) is 0 Å². The zero-order valence-electron chi connectivity index (χ0n) is 11.9. The number of nitrogens with one attached hydrogen (secondary N) is 1. The van der Waals surface area contributed by atoms with Crippen LogP contribution in [0.1, 0.15) is 11.1 Å². The van der Waals surface area contributed by atoms with Crippen molar-refractivity contribution in [1.29, 1.82) is 0 Å². The summed E-state index contributed by atoms with van der Waals surface area (Å²) >= 11 is 11.7. The zero-order valence-corrected chi connectivity index (χ0v) is 13.4. The Bertz CT molecular complexity index is 689. The lowest BCUT2D eigenvalue weighted by Gasteiger charge is -2.08. The maximum absolute atomic E-state index is 11.9. The van der Waals surface area contributed by atoms with Crippen LogP contribution in [-0.4, -0.2) is 18.1 Å². The number of phenolic OH excluding ortho intramolecular Hbond substituents is 1. The molecular formula is C16H15Cl2NO3. The molecule has 6 heteroatoms. The summed E-state index contributed by atoms with van der Waals surface area (Å²) in [7, 11) is 1.48. The zero-order chi connectivity index (χ0) is 16.1. The number of carbonyl (C=O) groups excluding carboxylic acids is 1. The molecule has 2 aromatic carbocycles. The highest BCUT2D eigenvalue weighted by Crippen LogP contribution is 2.26. The number of amides is 1. The van der Waals surface area contributed by atoms with E-state index in [1.54, 1.807) is 36.4 Å². The number of aromatic hydroxyl groups is 1. The molecule has 2 rings (SSSR count). The fourth-order valence-corrected chi connectivity index (χ4v) is 2.26. The first-order chi connectivity index (χ1) is 10.5. The number of halogens is 2. The van der Waals surface area contributed by atoms with E-state index in [9.17, 15) is 9.90 Å². The predicted octanol–water partition coefficient (Wildman–Crippen LogP) is 3.57. The highest BCUT2D eigenvalue weighted by Gasteiger charge is 2.07. The van der Waals surface area contributed by atoms with E-state index < -0.39 is 0 Å². The standard InChI is InChI=1S/C16H15Cl2NO3/c1-22-15-5-3-11(7-14(15)20)9-19-16(21)8-10-2-4-12(17)13(18)6-10/h2-7,20H,8-9H2,1H3,(H,19,21). The van der Waals surface area contributed by atoms with E-state index in [0.717, 1.165) is 11.1 Å². The first-order valence-corrected chi connectivity index (χ1v) is 7.31. The van der Waals surface area contributed by atoms with Crippen molar-refractivity contribution in [3.05, 3.63) is 57.6 Å². The van der Waals surface area contributed by atoms with Gasteiger partial charge in [-0.05, 0) is 35.4 Å². The molecule has 0 radical (unpaired) electrons. The normalized spacial score (nSPS) is 10.3. The number of hydrogen-bond acceptors (Lipinski definition) is 3. The first kappa shape index (κ1) is 16.5. The largest absolute Gasteiger partial charge is 0.504 e. The summed E-state index contributed by atoms with van der Waals surface area (Å²) in [6.07, 6.45) is 0.207. The van der Waals surface area contributed by atoms with E-state index in [1.807, 2.05) is 0 Å². The van der Waals surface area contributed by atoms with E-state index in [4.69, 9.17) is 27.9 Å². The average Bonchev–Trinajstić information content (AvgIpc) is 2.49. The molecule has 2 N–H and O–H groups in total. The minimum atomic E-state index is -0.145. The maximum atomic E-state index is 11.9. The summed E-state index contributed by atoms with van der Waals surface area (Å²) < 4.78 is 4.96. The lowest BCUT2D eigenvalue weighted by atomic mass is 10.1. The number of rotatable bonds is 5. The SMILES string of the molecule is COc1ccc(CNC(=O)Cc2ccc(Cl)c(Cl)c2)cc1O. The molecule has 0 heterocycles. The number of methoxy groups -OCH3 is 1. The second-order valence-electron chi connectivity index (χ2n) is 4.71. The minimum Gasteiger partial charge on any atom is -0.504 e. The van der Waals surface area contributed by atoms with Gasteiger partial charge in [-0.3, -0.25) is 4.79 Å². The third kappa shape index (κ3) is 4.29. The molecule has 116 valence electrons. The van der Waals surface area contributed by atoms with Crippen LogP contribution >= 0.6 is 23.2 Å². The summed E-state index contributed by atoms with van der Waals surface area (Å²) in [6, 6.07) is 10.1. The third-order valence-corrected chi connectivity index (χ3v) is 3.82. The van der Waals surface area contributed by atoms with Gasteiger partial charge in [-0.15, -0.1) is 0 Å². The molecule has 0 saturated heterocycles. The van der Waals surface area contributed by atoms with E-state index in [1.165, 1.54) is 7.11 Å². The van der Waals surface area contributed by atoms with Crippen LogP contribution in [0.3, 0.4) is 0 Å². The van der Waals surface area contributed by atoms with Gasteiger partial charge in [0.1, 0.15) is 0 Å². The van der Waals surface area contributed by atoms with E-state index in [0.29, 0.717) is 22.3 Å². The molecule has 0 aliphatic rings. The number of benzene rings is 2. The third-order valence-electron chi connectivity index (χ3n) is 3.08. The highest BCUT2D eigenvalue weighted by atomic mass is 35.5. The average molecular weight is 340 g/mol. The van der Waals surface area contributed by atoms with Crippen molar-refractivity contribution >= 4 is 29.1 Å². The molecule has 0 saturated carbocycles. The van der Waals surface area contributed by atoms with Crippen LogP contribution in [-0.2, 0) is 17.8 Å². The minimum absolute atomic E-state index is 0.0405. The van der Waals surface area contributed by atoms with E-state index in [-0.39, 0.29) is 18.1 Å². The lowest BCUT2D eigenvalue weighted by molar-refractivity contribution is -0.120. The fraction of sp³-hybridized carbons (Fsp3) is 0.188. The molecule has 2 aromatic rings. The van der Waals surface area contributed by atoms with Gasteiger partial charge in [-0.1, -0.05) is 35.3 Å². The van der Waals surface area contributed by atoms with Crippen LogP contribution in [0, 0.1) is 0 Å². The van der Waals surface area contributed by atoms with Crippen LogP contribution in [0.5, 0.6) is 11.5 Å². The molecule has 0 unspecified atom stereocenters. The summed E-state index contributed by atoms with van der Waals surface area (Å²) in [4.78, 5) is 11.9. The second kappa shape index (κ2) is 7.38. The van der Waals surface area contributed by atoms with Crippen LogP contribution in [0.2, 0.25) is 10.0 Å². The summed E-state index contributed by atoms with van der Waals surface area (Å²) in [5.41, 5.74) is 1.56. The van der Waals surface area contributed by atoms with Crippen LogP contribution in [0.4, 0.5) is 0 Å². The molecule has 0 fully saturated rings. The van der Waals surface area contributed by atoms with E-state index in [2.05, 4.69) is 5.32 Å². The van der Waals surface area contributed by atoms with Gasteiger partial charge in [0.15, 0.2) is 11.5 Å². The Kier molecular flexibility index (Phi) is 5.52. The molecule has 0 atom stereocenters. The molecule has 0 aromatic heterocycles. The smallest absolute Gasteiger partial charge is 0.224 e. The van der Waals surface area contributed by atoms with Gasteiger partial charge in [-0.25, -0.2) is 0 Å². The van der Waals surface area contributed by atoms with Gasteiger partial charge in [-0.2, -0.15) is 0 Å². The van der Waals surface area contributed by atoms with Crippen molar-refractivity contribution < 1.29 is 14.6 Å². The quantitative estimate of drug-likeness (QED) is 0.875. The number of hydrogen-bond donors (Lipinski definition) is 2. The van der Waals surface area contributed by atoms with Crippen LogP contribution in [0.15, 0.2) is 36.4 Å². The molecule has 0 bridgehead atoms. The van der Waals surface area contributed by atoms with Crippen molar-refractivity contribution in [1.82, 2.24) is 5.32 Å². The van der Waals surface area contributed by atoms with Gasteiger partial charge in [0.2, 0.25) is 5.91 Å². The highest BCUT2D eigenvalue weighted by molar-refractivity contribution is 6.42. The van der Waals surface area contributed by atoms with Crippen molar-refractivity contribution in [2.24, 2.45) is 0 Å². The Morgan fingerprint density at radius 3 is 2.50 bits per heavy atom. The molecule has 1 amide bonds. The molecule has 0 aliphatic heterocycles. The summed E-state index contributed by atoms with van der Waals surface area (Å²) in [6.45, 7) is 0.317. The second-order valence-corrected chi connectivity index (χ2v) is 5.52. The van der Waals surface area contributed by atoms with Crippen molar-refractivity contribution in [3.8, 4) is 11.5 Å². The van der Waals surface area contributed by atoms with Crippen LogP contribution < -0.4 is 10.1 Å². The topological polar surface area (TPSA) is 58.6 Å². The Morgan fingerprint density at radius 1 is 1.14 bits per heavy atom.